The molecule has 158 valence electrons. The molecule has 1 fully saturated rings. The van der Waals surface area contributed by atoms with Gasteiger partial charge in [-0.2, -0.15) is 0 Å². The van der Waals surface area contributed by atoms with Crippen LogP contribution in [0.4, 0.5) is 8.78 Å². The molecule has 1 aliphatic rings. The van der Waals surface area contributed by atoms with E-state index in [1.165, 1.54) is 25.0 Å². The number of benzene rings is 2. The number of carbonyl (C=O) groups excluding carboxylic acids is 1. The van der Waals surface area contributed by atoms with E-state index in [1.54, 1.807) is 6.92 Å². The average Bonchev–Trinajstić information content (AvgIpc) is 3.45. The van der Waals surface area contributed by atoms with Crippen molar-refractivity contribution in [3.05, 3.63) is 54.2 Å². The number of hydrogen-bond acceptors (Lipinski definition) is 3. The standard InChI is InChI=1S/C24H25F2NO3/c1-2-29-23(28)4-3-11-30-24-20(25)12-19(13-21(24)26)18-8-7-17-9-10-27(22(17)14-18)15-16-5-6-16/h7-10,12-14,16H,2-6,11,15H2,1H3. The van der Waals surface area contributed by atoms with Crippen LogP contribution < -0.4 is 4.74 Å². The molecule has 6 heteroatoms. The smallest absolute Gasteiger partial charge is 0.305 e. The van der Waals surface area contributed by atoms with Crippen LogP contribution >= 0.6 is 0 Å². The Labute approximate surface area is 174 Å². The molecule has 0 aliphatic heterocycles. The van der Waals surface area contributed by atoms with Crippen LogP contribution in [0.5, 0.6) is 5.75 Å². The first-order valence-electron chi connectivity index (χ1n) is 10.4. The van der Waals surface area contributed by atoms with Crippen molar-refractivity contribution in [2.45, 2.75) is 39.2 Å². The molecule has 0 bridgehead atoms. The van der Waals surface area contributed by atoms with Crippen LogP contribution in [-0.4, -0.2) is 23.8 Å². The van der Waals surface area contributed by atoms with Gasteiger partial charge in [-0.15, -0.1) is 0 Å². The number of nitrogens with zero attached hydrogens (tertiary/aromatic N) is 1. The molecule has 2 aromatic carbocycles. The van der Waals surface area contributed by atoms with E-state index in [1.807, 2.05) is 18.2 Å². The summed E-state index contributed by atoms with van der Waals surface area (Å²) in [7, 11) is 0. The fourth-order valence-corrected chi connectivity index (χ4v) is 3.59. The minimum atomic E-state index is -0.755. The lowest BCUT2D eigenvalue weighted by Crippen LogP contribution is -2.08. The SMILES string of the molecule is CCOC(=O)CCCOc1c(F)cc(-c2ccc3ccn(CC4CC4)c3c2)cc1F. The molecule has 4 rings (SSSR count). The van der Waals surface area contributed by atoms with Gasteiger partial charge in [0.25, 0.3) is 0 Å². The Hall–Kier alpha value is -2.89. The minimum Gasteiger partial charge on any atom is -0.488 e. The van der Waals surface area contributed by atoms with Crippen molar-refractivity contribution in [1.82, 2.24) is 4.57 Å². The van der Waals surface area contributed by atoms with Crippen molar-refractivity contribution >= 4 is 16.9 Å². The lowest BCUT2D eigenvalue weighted by Gasteiger charge is -2.11. The van der Waals surface area contributed by atoms with Crippen LogP contribution in [-0.2, 0) is 16.1 Å². The minimum absolute atomic E-state index is 0.0344. The summed E-state index contributed by atoms with van der Waals surface area (Å²) in [6, 6.07) is 10.5. The van der Waals surface area contributed by atoms with E-state index < -0.39 is 17.4 Å². The molecule has 0 unspecified atom stereocenters. The Balaban J connectivity index is 1.49. The van der Waals surface area contributed by atoms with Gasteiger partial charge in [0.2, 0.25) is 0 Å². The molecule has 4 nitrogen and oxygen atoms in total. The fourth-order valence-electron chi connectivity index (χ4n) is 3.59. The van der Waals surface area contributed by atoms with Gasteiger partial charge in [-0.05, 0) is 72.9 Å². The maximum Gasteiger partial charge on any atom is 0.305 e. The van der Waals surface area contributed by atoms with Crippen LogP contribution in [0.15, 0.2) is 42.6 Å². The summed E-state index contributed by atoms with van der Waals surface area (Å²) in [4.78, 5) is 11.3. The van der Waals surface area contributed by atoms with Gasteiger partial charge in [-0.25, -0.2) is 8.78 Å². The van der Waals surface area contributed by atoms with Crippen LogP contribution in [0.1, 0.15) is 32.6 Å². The van der Waals surface area contributed by atoms with Crippen molar-refractivity contribution < 1.29 is 23.0 Å². The number of rotatable bonds is 9. The van der Waals surface area contributed by atoms with Crippen molar-refractivity contribution in [2.24, 2.45) is 5.92 Å². The number of hydrogen-bond donors (Lipinski definition) is 0. The molecular weight excluding hydrogens is 388 g/mol. The molecule has 1 heterocycles. The fraction of sp³-hybridized carbons (Fsp3) is 0.375. The zero-order valence-corrected chi connectivity index (χ0v) is 17.0. The van der Waals surface area contributed by atoms with Gasteiger partial charge in [0.15, 0.2) is 17.4 Å². The molecule has 3 aromatic rings. The number of fused-ring (bicyclic) bond motifs is 1. The molecular formula is C24H25F2NO3. The molecule has 0 amide bonds. The predicted molar refractivity (Wildman–Crippen MR) is 111 cm³/mol. The van der Waals surface area contributed by atoms with E-state index in [-0.39, 0.29) is 19.0 Å². The summed E-state index contributed by atoms with van der Waals surface area (Å²) < 4.78 is 41.4. The maximum atomic E-state index is 14.6. The molecule has 0 N–H and O–H groups in total. The second-order valence-electron chi connectivity index (χ2n) is 7.71. The maximum absolute atomic E-state index is 14.6. The van der Waals surface area contributed by atoms with E-state index in [0.717, 1.165) is 28.9 Å². The Morgan fingerprint density at radius 3 is 2.57 bits per heavy atom. The highest BCUT2D eigenvalue weighted by Gasteiger charge is 2.22. The number of aromatic nitrogens is 1. The molecule has 1 saturated carbocycles. The first kappa shape index (κ1) is 20.4. The Kier molecular flexibility index (Phi) is 6.02. The normalized spacial score (nSPS) is 13.6. The van der Waals surface area contributed by atoms with Gasteiger partial charge >= 0.3 is 5.97 Å². The third-order valence-electron chi connectivity index (χ3n) is 5.33. The Bertz CT molecular complexity index is 1030. The quantitative estimate of drug-likeness (QED) is 0.333. The van der Waals surface area contributed by atoms with E-state index >= 15 is 0 Å². The summed E-state index contributed by atoms with van der Waals surface area (Å²) in [6.45, 7) is 3.05. The first-order valence-corrected chi connectivity index (χ1v) is 10.4. The zero-order chi connectivity index (χ0) is 21.1. The number of halogens is 2. The number of esters is 1. The first-order chi connectivity index (χ1) is 14.5. The summed E-state index contributed by atoms with van der Waals surface area (Å²) in [6.07, 6.45) is 5.07. The molecule has 0 atom stereocenters. The largest absolute Gasteiger partial charge is 0.488 e. The van der Waals surface area contributed by atoms with Crippen LogP contribution in [0.3, 0.4) is 0 Å². The average molecular weight is 413 g/mol. The third kappa shape index (κ3) is 4.64. The molecule has 30 heavy (non-hydrogen) atoms. The summed E-state index contributed by atoms with van der Waals surface area (Å²) in [5.41, 5.74) is 2.29. The number of ether oxygens (including phenoxy) is 2. The van der Waals surface area contributed by atoms with Crippen molar-refractivity contribution in [3.63, 3.8) is 0 Å². The van der Waals surface area contributed by atoms with E-state index in [2.05, 4.69) is 16.8 Å². The predicted octanol–water partition coefficient (Wildman–Crippen LogP) is 5.72. The van der Waals surface area contributed by atoms with Crippen molar-refractivity contribution in [2.75, 3.05) is 13.2 Å². The van der Waals surface area contributed by atoms with Crippen LogP contribution in [0.25, 0.3) is 22.0 Å². The lowest BCUT2D eigenvalue weighted by molar-refractivity contribution is -0.143. The number of carbonyl (C=O) groups is 1. The highest BCUT2D eigenvalue weighted by atomic mass is 19.1. The van der Waals surface area contributed by atoms with Gasteiger partial charge in [0, 0.05) is 24.7 Å². The molecule has 1 aromatic heterocycles. The summed E-state index contributed by atoms with van der Waals surface area (Å²) >= 11 is 0. The van der Waals surface area contributed by atoms with Gasteiger partial charge in [0.1, 0.15) is 0 Å². The van der Waals surface area contributed by atoms with Crippen LogP contribution in [0, 0.1) is 17.6 Å². The van der Waals surface area contributed by atoms with E-state index in [4.69, 9.17) is 9.47 Å². The third-order valence-corrected chi connectivity index (χ3v) is 5.33. The molecule has 0 spiro atoms. The van der Waals surface area contributed by atoms with Crippen molar-refractivity contribution in [1.29, 1.82) is 0 Å². The highest BCUT2D eigenvalue weighted by molar-refractivity contribution is 5.85. The van der Waals surface area contributed by atoms with Gasteiger partial charge < -0.3 is 14.0 Å². The molecule has 0 saturated heterocycles. The van der Waals surface area contributed by atoms with E-state index in [9.17, 15) is 13.6 Å². The van der Waals surface area contributed by atoms with Gasteiger partial charge in [0.05, 0.1) is 13.2 Å². The monoisotopic (exact) mass is 413 g/mol. The topological polar surface area (TPSA) is 40.5 Å². The Morgan fingerprint density at radius 2 is 1.87 bits per heavy atom. The van der Waals surface area contributed by atoms with Gasteiger partial charge in [-0.1, -0.05) is 12.1 Å². The van der Waals surface area contributed by atoms with E-state index in [0.29, 0.717) is 18.6 Å². The zero-order valence-electron chi connectivity index (χ0n) is 17.0. The van der Waals surface area contributed by atoms with Crippen LogP contribution in [0.2, 0.25) is 0 Å². The Morgan fingerprint density at radius 1 is 1.10 bits per heavy atom. The molecule has 1 aliphatic carbocycles. The molecule has 0 radical (unpaired) electrons. The summed E-state index contributed by atoms with van der Waals surface area (Å²) in [5, 5.41) is 1.11. The highest BCUT2D eigenvalue weighted by Crippen LogP contribution is 2.34. The second kappa shape index (κ2) is 8.86. The lowest BCUT2D eigenvalue weighted by atomic mass is 10.0. The summed E-state index contributed by atoms with van der Waals surface area (Å²) in [5.74, 6) is -1.54. The van der Waals surface area contributed by atoms with Crippen molar-refractivity contribution in [3.8, 4) is 16.9 Å². The second-order valence-corrected chi connectivity index (χ2v) is 7.71. The van der Waals surface area contributed by atoms with Gasteiger partial charge in [-0.3, -0.25) is 4.79 Å².